The number of aryl methyl sites for hydroxylation is 1. The molecule has 2 fully saturated rings. The van der Waals surface area contributed by atoms with Gasteiger partial charge in [-0.2, -0.15) is 0 Å². The van der Waals surface area contributed by atoms with Gasteiger partial charge in [0.25, 0.3) is 5.91 Å². The highest BCUT2D eigenvalue weighted by Gasteiger charge is 2.42. The fraction of sp³-hybridized carbons (Fsp3) is 0.533. The number of fused-ring (bicyclic) bond motifs is 1. The molecule has 2 aliphatic rings. The molecule has 1 amide bonds. The quantitative estimate of drug-likeness (QED) is 0.729. The van der Waals surface area contributed by atoms with E-state index in [0.29, 0.717) is 17.9 Å². The Labute approximate surface area is 139 Å². The van der Waals surface area contributed by atoms with Gasteiger partial charge in [0.15, 0.2) is 0 Å². The summed E-state index contributed by atoms with van der Waals surface area (Å²) in [5.41, 5.74) is 8.12. The van der Waals surface area contributed by atoms with Crippen molar-refractivity contribution < 1.29 is 4.79 Å². The number of rotatable bonds is 1. The highest BCUT2D eigenvalue weighted by Crippen LogP contribution is 2.37. The first-order chi connectivity index (χ1) is 9.06. The third kappa shape index (κ3) is 2.83. The van der Waals surface area contributed by atoms with E-state index in [-0.39, 0.29) is 18.3 Å². The Balaban J connectivity index is 0.00000147. The van der Waals surface area contributed by atoms with Crippen LogP contribution in [0.25, 0.3) is 0 Å². The number of benzene rings is 1. The van der Waals surface area contributed by atoms with E-state index in [4.69, 9.17) is 5.73 Å². The van der Waals surface area contributed by atoms with Crippen LogP contribution in [0.3, 0.4) is 0 Å². The molecule has 0 bridgehead atoms. The molecule has 0 spiro atoms. The standard InChI is InChI=1S/C15H19IN2O.ClH/c1-9-2-4-13(16)11(6-9)15(19)18-7-10-3-5-14(17)12(10)8-18;/h2,4,6,10,12,14H,3,5,7-8,17H2,1H3;1H. The largest absolute Gasteiger partial charge is 0.338 e. The molecular weight excluding hydrogens is 387 g/mol. The Morgan fingerprint density at radius 1 is 1.35 bits per heavy atom. The van der Waals surface area contributed by atoms with Crippen molar-refractivity contribution in [3.8, 4) is 0 Å². The Morgan fingerprint density at radius 3 is 2.80 bits per heavy atom. The van der Waals surface area contributed by atoms with Crippen molar-refractivity contribution in [1.29, 1.82) is 0 Å². The molecule has 3 atom stereocenters. The first-order valence-corrected chi connectivity index (χ1v) is 7.95. The van der Waals surface area contributed by atoms with E-state index in [1.54, 1.807) is 0 Å². The molecule has 1 aliphatic carbocycles. The second-order valence-corrected chi connectivity index (χ2v) is 7.02. The third-order valence-electron chi connectivity index (χ3n) is 4.55. The molecule has 2 N–H and O–H groups in total. The van der Waals surface area contributed by atoms with Crippen LogP contribution in [0.1, 0.15) is 28.8 Å². The first kappa shape index (κ1) is 16.0. The van der Waals surface area contributed by atoms with Gasteiger partial charge in [0, 0.05) is 22.7 Å². The van der Waals surface area contributed by atoms with Gasteiger partial charge in [-0.1, -0.05) is 11.6 Å². The monoisotopic (exact) mass is 406 g/mol. The average Bonchev–Trinajstić information content (AvgIpc) is 2.94. The molecule has 1 saturated carbocycles. The van der Waals surface area contributed by atoms with Crippen molar-refractivity contribution in [3.05, 3.63) is 32.9 Å². The second kappa shape index (κ2) is 6.20. The minimum atomic E-state index is 0. The van der Waals surface area contributed by atoms with Gasteiger partial charge in [0.2, 0.25) is 0 Å². The van der Waals surface area contributed by atoms with Gasteiger partial charge in [-0.25, -0.2) is 0 Å². The maximum atomic E-state index is 12.6. The van der Waals surface area contributed by atoms with Crippen LogP contribution in [0.2, 0.25) is 0 Å². The summed E-state index contributed by atoms with van der Waals surface area (Å²) in [4.78, 5) is 14.6. The summed E-state index contributed by atoms with van der Waals surface area (Å²) in [6, 6.07) is 6.36. The zero-order chi connectivity index (χ0) is 13.6. The summed E-state index contributed by atoms with van der Waals surface area (Å²) in [6.45, 7) is 3.76. The number of carbonyl (C=O) groups is 1. The fourth-order valence-corrected chi connectivity index (χ4v) is 4.01. The second-order valence-electron chi connectivity index (χ2n) is 5.86. The number of halogens is 2. The molecule has 3 nitrogen and oxygen atoms in total. The van der Waals surface area contributed by atoms with Gasteiger partial charge >= 0.3 is 0 Å². The molecule has 110 valence electrons. The minimum Gasteiger partial charge on any atom is -0.338 e. The number of nitrogens with two attached hydrogens (primary N) is 1. The van der Waals surface area contributed by atoms with Crippen molar-refractivity contribution >= 4 is 40.9 Å². The van der Waals surface area contributed by atoms with E-state index in [0.717, 1.165) is 34.2 Å². The fourth-order valence-electron chi connectivity index (χ4n) is 3.45. The van der Waals surface area contributed by atoms with Crippen molar-refractivity contribution in [3.63, 3.8) is 0 Å². The van der Waals surface area contributed by atoms with Crippen LogP contribution < -0.4 is 5.73 Å². The highest BCUT2D eigenvalue weighted by molar-refractivity contribution is 14.1. The molecular formula is C15H20ClIN2O. The average molecular weight is 407 g/mol. The predicted molar refractivity (Wildman–Crippen MR) is 91.2 cm³/mol. The van der Waals surface area contributed by atoms with E-state index in [1.807, 2.05) is 30.0 Å². The zero-order valence-electron chi connectivity index (χ0n) is 11.5. The summed E-state index contributed by atoms with van der Waals surface area (Å²) >= 11 is 2.24. The van der Waals surface area contributed by atoms with Gasteiger partial charge < -0.3 is 10.6 Å². The predicted octanol–water partition coefficient (Wildman–Crippen LogP) is 2.83. The zero-order valence-corrected chi connectivity index (χ0v) is 14.5. The van der Waals surface area contributed by atoms with Crippen LogP contribution in [0, 0.1) is 22.3 Å². The molecule has 5 heteroatoms. The Morgan fingerprint density at radius 2 is 2.10 bits per heavy atom. The Bertz CT molecular complexity index is 523. The lowest BCUT2D eigenvalue weighted by Gasteiger charge is -2.19. The molecule has 1 aliphatic heterocycles. The van der Waals surface area contributed by atoms with E-state index >= 15 is 0 Å². The summed E-state index contributed by atoms with van der Waals surface area (Å²) in [6.07, 6.45) is 2.31. The van der Waals surface area contributed by atoms with Gasteiger partial charge in [-0.3, -0.25) is 4.79 Å². The molecule has 1 heterocycles. The molecule has 3 unspecified atom stereocenters. The molecule has 1 aromatic rings. The summed E-state index contributed by atoms with van der Waals surface area (Å²) < 4.78 is 1.04. The number of likely N-dealkylation sites (tertiary alicyclic amines) is 1. The molecule has 0 radical (unpaired) electrons. The number of hydrogen-bond acceptors (Lipinski definition) is 2. The van der Waals surface area contributed by atoms with Crippen molar-refractivity contribution in [2.75, 3.05) is 13.1 Å². The summed E-state index contributed by atoms with van der Waals surface area (Å²) in [7, 11) is 0. The first-order valence-electron chi connectivity index (χ1n) is 6.87. The summed E-state index contributed by atoms with van der Waals surface area (Å²) in [5, 5.41) is 0. The van der Waals surface area contributed by atoms with Gasteiger partial charge in [-0.15, -0.1) is 12.4 Å². The van der Waals surface area contributed by atoms with Crippen LogP contribution in [-0.2, 0) is 0 Å². The maximum absolute atomic E-state index is 12.6. The smallest absolute Gasteiger partial charge is 0.254 e. The number of carbonyl (C=O) groups excluding carboxylic acids is 1. The molecule has 3 rings (SSSR count). The van der Waals surface area contributed by atoms with Gasteiger partial charge in [0.05, 0.1) is 5.56 Å². The van der Waals surface area contributed by atoms with Crippen LogP contribution in [0.4, 0.5) is 0 Å². The summed E-state index contributed by atoms with van der Waals surface area (Å²) in [5.74, 6) is 1.32. The lowest BCUT2D eigenvalue weighted by Crippen LogP contribution is -2.33. The Kier molecular flexibility index (Phi) is 4.97. The van der Waals surface area contributed by atoms with E-state index < -0.39 is 0 Å². The number of hydrogen-bond donors (Lipinski definition) is 1. The van der Waals surface area contributed by atoms with Crippen LogP contribution >= 0.6 is 35.0 Å². The normalized spacial score (nSPS) is 28.1. The van der Waals surface area contributed by atoms with Crippen molar-refractivity contribution in [2.24, 2.45) is 17.6 Å². The van der Waals surface area contributed by atoms with Crippen molar-refractivity contribution in [2.45, 2.75) is 25.8 Å². The maximum Gasteiger partial charge on any atom is 0.254 e. The third-order valence-corrected chi connectivity index (χ3v) is 5.49. The SMILES string of the molecule is Cc1ccc(I)c(C(=O)N2CC3CCC(N)C3C2)c1.Cl. The van der Waals surface area contributed by atoms with E-state index in [9.17, 15) is 4.79 Å². The van der Waals surface area contributed by atoms with E-state index in [1.165, 1.54) is 6.42 Å². The molecule has 1 aromatic carbocycles. The van der Waals surface area contributed by atoms with Gasteiger partial charge in [-0.05, 0) is 66.3 Å². The Hall–Kier alpha value is -0.330. The number of nitrogens with zero attached hydrogens (tertiary/aromatic N) is 1. The minimum absolute atomic E-state index is 0. The van der Waals surface area contributed by atoms with Crippen LogP contribution in [0.5, 0.6) is 0 Å². The highest BCUT2D eigenvalue weighted by atomic mass is 127. The van der Waals surface area contributed by atoms with Crippen LogP contribution in [-0.4, -0.2) is 29.9 Å². The van der Waals surface area contributed by atoms with Crippen molar-refractivity contribution in [1.82, 2.24) is 4.90 Å². The number of amides is 1. The lowest BCUT2D eigenvalue weighted by atomic mass is 9.98. The van der Waals surface area contributed by atoms with Gasteiger partial charge in [0.1, 0.15) is 0 Å². The molecule has 0 aromatic heterocycles. The molecule has 20 heavy (non-hydrogen) atoms. The topological polar surface area (TPSA) is 46.3 Å². The van der Waals surface area contributed by atoms with Crippen LogP contribution in [0.15, 0.2) is 18.2 Å². The lowest BCUT2D eigenvalue weighted by molar-refractivity contribution is 0.0778. The molecule has 1 saturated heterocycles. The van der Waals surface area contributed by atoms with E-state index in [2.05, 4.69) is 22.6 Å².